The van der Waals surface area contributed by atoms with E-state index in [1.165, 1.54) is 58.2 Å². The number of imidazole rings is 1. The molecular formula is C28H34N3+. The summed E-state index contributed by atoms with van der Waals surface area (Å²) in [6.07, 6.45) is 8.54. The average molecular weight is 413 g/mol. The molecule has 4 aromatic rings. The van der Waals surface area contributed by atoms with E-state index in [0.717, 1.165) is 13.1 Å². The Bertz CT molecular complexity index is 1200. The van der Waals surface area contributed by atoms with Crippen LogP contribution in [0.25, 0.3) is 22.1 Å². The largest absolute Gasteiger partial charge is 0.368 e. The number of hydrogen-bond donors (Lipinski definition) is 0. The summed E-state index contributed by atoms with van der Waals surface area (Å²) in [5, 5.41) is 1.31. The van der Waals surface area contributed by atoms with Gasteiger partial charge in [-0.1, -0.05) is 58.0 Å². The summed E-state index contributed by atoms with van der Waals surface area (Å²) in [7, 11) is 0. The van der Waals surface area contributed by atoms with Gasteiger partial charge in [-0.3, -0.25) is 0 Å². The highest BCUT2D eigenvalue weighted by atomic mass is 15.2. The van der Waals surface area contributed by atoms with Crippen molar-refractivity contribution in [1.29, 1.82) is 0 Å². The van der Waals surface area contributed by atoms with E-state index in [9.17, 15) is 0 Å². The first-order valence-electron chi connectivity index (χ1n) is 11.9. The Balaban J connectivity index is 1.76. The average Bonchev–Trinajstić information content (AvgIpc) is 3.23. The number of rotatable bonds is 4. The smallest absolute Gasteiger partial charge is 0.254 e. The standard InChI is InChI=1S/C28H34N3/c1-20(2)24-11-9-12-25(21(3)4)28(24)30-18-23-15-14-22-10-8-13-26(27(22)31(23)19-30)29-16-6-5-7-17-29/h8-15,18-21H,5-7,16-17H2,1-4H3/q+1. The Labute approximate surface area is 185 Å². The molecule has 0 bridgehead atoms. The minimum atomic E-state index is 0.477. The van der Waals surface area contributed by atoms with E-state index in [4.69, 9.17) is 0 Å². The van der Waals surface area contributed by atoms with Crippen molar-refractivity contribution in [2.45, 2.75) is 58.8 Å². The number of anilines is 1. The molecule has 0 N–H and O–H groups in total. The summed E-state index contributed by atoms with van der Waals surface area (Å²) in [6, 6.07) is 18.1. The highest BCUT2D eigenvalue weighted by Gasteiger charge is 2.23. The van der Waals surface area contributed by atoms with Crippen molar-refractivity contribution in [3.05, 3.63) is 72.2 Å². The molecule has 0 amide bonds. The summed E-state index contributed by atoms with van der Waals surface area (Å²) in [4.78, 5) is 2.58. The molecule has 2 aromatic carbocycles. The predicted molar refractivity (Wildman–Crippen MR) is 131 cm³/mol. The third-order valence-corrected chi connectivity index (χ3v) is 6.81. The van der Waals surface area contributed by atoms with Gasteiger partial charge in [0.05, 0.1) is 5.69 Å². The van der Waals surface area contributed by atoms with Crippen LogP contribution in [0.1, 0.15) is 69.9 Å². The lowest BCUT2D eigenvalue weighted by atomic mass is 9.92. The number of benzene rings is 2. The molecule has 2 aromatic heterocycles. The Morgan fingerprint density at radius 3 is 2.13 bits per heavy atom. The maximum absolute atomic E-state index is 2.58. The highest BCUT2D eigenvalue weighted by molar-refractivity contribution is 5.93. The molecule has 1 fully saturated rings. The van der Waals surface area contributed by atoms with E-state index >= 15 is 0 Å². The summed E-state index contributed by atoms with van der Waals surface area (Å²) in [5.41, 5.74) is 8.10. The Morgan fingerprint density at radius 1 is 0.774 bits per heavy atom. The summed E-state index contributed by atoms with van der Waals surface area (Å²) in [5.74, 6) is 0.953. The zero-order valence-corrected chi connectivity index (χ0v) is 19.3. The molecule has 1 aliphatic rings. The van der Waals surface area contributed by atoms with Gasteiger partial charge in [0.1, 0.15) is 11.9 Å². The van der Waals surface area contributed by atoms with Gasteiger partial charge in [-0.05, 0) is 49.3 Å². The Hall–Kier alpha value is -2.81. The normalized spacial score (nSPS) is 15.0. The Morgan fingerprint density at radius 2 is 1.45 bits per heavy atom. The highest BCUT2D eigenvalue weighted by Crippen LogP contribution is 2.31. The van der Waals surface area contributed by atoms with E-state index in [0.29, 0.717) is 11.8 Å². The maximum atomic E-state index is 2.58. The lowest BCUT2D eigenvalue weighted by Gasteiger charge is -2.29. The summed E-state index contributed by atoms with van der Waals surface area (Å²) in [6.45, 7) is 11.5. The minimum absolute atomic E-state index is 0.477. The fourth-order valence-electron chi connectivity index (χ4n) is 5.18. The molecule has 160 valence electrons. The van der Waals surface area contributed by atoms with Crippen LogP contribution < -0.4 is 9.47 Å². The minimum Gasteiger partial charge on any atom is -0.368 e. The van der Waals surface area contributed by atoms with E-state index in [1.807, 2.05) is 0 Å². The first-order valence-corrected chi connectivity index (χ1v) is 11.9. The lowest BCUT2D eigenvalue weighted by Crippen LogP contribution is -2.31. The predicted octanol–water partition coefficient (Wildman–Crippen LogP) is 6.61. The van der Waals surface area contributed by atoms with Crippen LogP contribution in [0.2, 0.25) is 0 Å². The number of nitrogens with zero attached hydrogens (tertiary/aromatic N) is 3. The van der Waals surface area contributed by atoms with Crippen LogP contribution in [0.15, 0.2) is 61.1 Å². The molecule has 31 heavy (non-hydrogen) atoms. The first kappa shape index (κ1) is 20.1. The maximum Gasteiger partial charge on any atom is 0.254 e. The molecule has 0 unspecified atom stereocenters. The number of aromatic nitrogens is 2. The van der Waals surface area contributed by atoms with Crippen molar-refractivity contribution in [2.75, 3.05) is 18.0 Å². The van der Waals surface area contributed by atoms with Gasteiger partial charge in [-0.25, -0.2) is 4.57 Å². The van der Waals surface area contributed by atoms with E-state index < -0.39 is 0 Å². The molecule has 3 heteroatoms. The molecule has 5 rings (SSSR count). The van der Waals surface area contributed by atoms with Crippen molar-refractivity contribution in [2.24, 2.45) is 0 Å². The van der Waals surface area contributed by atoms with E-state index in [2.05, 4.69) is 103 Å². The second kappa shape index (κ2) is 8.03. The van der Waals surface area contributed by atoms with Crippen molar-refractivity contribution in [3.63, 3.8) is 0 Å². The van der Waals surface area contributed by atoms with E-state index in [1.54, 1.807) is 0 Å². The number of para-hydroxylation sites is 2. The van der Waals surface area contributed by atoms with Gasteiger partial charge >= 0.3 is 0 Å². The molecule has 1 aliphatic heterocycles. The number of pyridine rings is 1. The zero-order chi connectivity index (χ0) is 21.5. The van der Waals surface area contributed by atoms with E-state index in [-0.39, 0.29) is 0 Å². The molecular weight excluding hydrogens is 378 g/mol. The molecule has 0 saturated carbocycles. The third-order valence-electron chi connectivity index (χ3n) is 6.81. The SMILES string of the molecule is CC(C)c1cccc(C(C)C)c1-[n+]1cc2ccc3cccc(N4CCCCC4)c3n2c1. The molecule has 3 nitrogen and oxygen atoms in total. The van der Waals surface area contributed by atoms with Gasteiger partial charge in [0.15, 0.2) is 11.0 Å². The van der Waals surface area contributed by atoms with Crippen molar-refractivity contribution in [3.8, 4) is 5.69 Å². The first-order chi connectivity index (χ1) is 15.0. The molecule has 1 saturated heterocycles. The summed E-state index contributed by atoms with van der Waals surface area (Å²) >= 11 is 0. The van der Waals surface area contributed by atoms with Gasteiger partial charge in [0, 0.05) is 29.6 Å². The number of fused-ring (bicyclic) bond motifs is 3. The van der Waals surface area contributed by atoms with Gasteiger partial charge in [-0.2, -0.15) is 4.40 Å². The van der Waals surface area contributed by atoms with Gasteiger partial charge in [0.2, 0.25) is 0 Å². The van der Waals surface area contributed by atoms with Crippen molar-refractivity contribution in [1.82, 2.24) is 4.40 Å². The van der Waals surface area contributed by atoms with Crippen LogP contribution in [0.4, 0.5) is 5.69 Å². The second-order valence-corrected chi connectivity index (χ2v) is 9.64. The van der Waals surface area contributed by atoms with Crippen LogP contribution in [-0.2, 0) is 0 Å². The lowest BCUT2D eigenvalue weighted by molar-refractivity contribution is -0.595. The molecule has 0 radical (unpaired) electrons. The van der Waals surface area contributed by atoms with Gasteiger partial charge in [0.25, 0.3) is 6.33 Å². The van der Waals surface area contributed by atoms with Crippen LogP contribution >= 0.6 is 0 Å². The quantitative estimate of drug-likeness (QED) is 0.344. The van der Waals surface area contributed by atoms with Crippen LogP contribution in [0.3, 0.4) is 0 Å². The van der Waals surface area contributed by atoms with Crippen LogP contribution in [-0.4, -0.2) is 17.5 Å². The van der Waals surface area contributed by atoms with Crippen LogP contribution in [0.5, 0.6) is 0 Å². The fraction of sp³-hybridized carbons (Fsp3) is 0.393. The van der Waals surface area contributed by atoms with Gasteiger partial charge < -0.3 is 4.90 Å². The number of piperidine rings is 1. The topological polar surface area (TPSA) is 11.5 Å². The fourth-order valence-corrected chi connectivity index (χ4v) is 5.18. The third kappa shape index (κ3) is 3.50. The summed E-state index contributed by atoms with van der Waals surface area (Å²) < 4.78 is 4.77. The van der Waals surface area contributed by atoms with Crippen molar-refractivity contribution < 1.29 is 4.57 Å². The molecule has 3 heterocycles. The van der Waals surface area contributed by atoms with Crippen molar-refractivity contribution >= 4 is 22.1 Å². The zero-order valence-electron chi connectivity index (χ0n) is 19.3. The monoisotopic (exact) mass is 412 g/mol. The van der Waals surface area contributed by atoms with Crippen LogP contribution in [0, 0.1) is 0 Å². The Kier molecular flexibility index (Phi) is 5.21. The molecule has 0 spiro atoms. The second-order valence-electron chi connectivity index (χ2n) is 9.64. The number of hydrogen-bond acceptors (Lipinski definition) is 1. The van der Waals surface area contributed by atoms with Gasteiger partial charge in [-0.15, -0.1) is 0 Å². The molecule has 0 aliphatic carbocycles. The molecule has 0 atom stereocenters.